The highest BCUT2D eigenvalue weighted by atomic mass is 35.5. The van der Waals surface area contributed by atoms with Crippen molar-refractivity contribution >= 4 is 44.8 Å². The SMILES string of the molecule is O=C(COc1ccc(S(=O)(=O)Nc2cc(Cl)cc(Cl)c2)cc1)NC1CCCC1. The normalized spacial score (nSPS) is 14.6. The van der Waals surface area contributed by atoms with Gasteiger partial charge in [0.05, 0.1) is 10.6 Å². The molecule has 0 unspecified atom stereocenters. The summed E-state index contributed by atoms with van der Waals surface area (Å²) in [5.41, 5.74) is 0.265. The topological polar surface area (TPSA) is 84.5 Å². The summed E-state index contributed by atoms with van der Waals surface area (Å²) in [6.45, 7) is -0.109. The molecule has 0 heterocycles. The first-order chi connectivity index (χ1) is 13.3. The lowest BCUT2D eigenvalue weighted by Crippen LogP contribution is -2.36. The molecule has 1 saturated carbocycles. The first-order valence-corrected chi connectivity index (χ1v) is 11.1. The number of rotatable bonds is 7. The first-order valence-electron chi connectivity index (χ1n) is 8.83. The van der Waals surface area contributed by atoms with Crippen LogP contribution in [-0.2, 0) is 14.8 Å². The van der Waals surface area contributed by atoms with Crippen molar-refractivity contribution in [1.82, 2.24) is 5.32 Å². The van der Waals surface area contributed by atoms with Crippen LogP contribution in [0.2, 0.25) is 10.0 Å². The molecule has 1 amide bonds. The van der Waals surface area contributed by atoms with Gasteiger partial charge < -0.3 is 10.1 Å². The van der Waals surface area contributed by atoms with E-state index in [2.05, 4.69) is 10.0 Å². The minimum absolute atomic E-state index is 0.0476. The number of carbonyl (C=O) groups excluding carboxylic acids is 1. The minimum atomic E-state index is -3.81. The molecule has 0 atom stereocenters. The van der Waals surface area contributed by atoms with Gasteiger partial charge in [0, 0.05) is 16.1 Å². The van der Waals surface area contributed by atoms with Crippen molar-refractivity contribution in [2.45, 2.75) is 36.6 Å². The highest BCUT2D eigenvalue weighted by molar-refractivity contribution is 7.92. The third-order valence-electron chi connectivity index (χ3n) is 4.34. The minimum Gasteiger partial charge on any atom is -0.484 e. The standard InChI is InChI=1S/C19H20Cl2N2O4S/c20-13-9-14(21)11-16(10-13)23-28(25,26)18-7-5-17(6-8-18)27-12-19(24)22-15-3-1-2-4-15/h5-11,15,23H,1-4,12H2,(H,22,24). The molecule has 150 valence electrons. The molecule has 0 aromatic heterocycles. The summed E-state index contributed by atoms with van der Waals surface area (Å²) in [5.74, 6) is 0.231. The third kappa shape index (κ3) is 5.77. The van der Waals surface area contributed by atoms with E-state index in [1.54, 1.807) is 0 Å². The van der Waals surface area contributed by atoms with Gasteiger partial charge in [0.1, 0.15) is 5.75 Å². The van der Waals surface area contributed by atoms with Crippen LogP contribution in [0.1, 0.15) is 25.7 Å². The lowest BCUT2D eigenvalue weighted by molar-refractivity contribution is -0.123. The molecule has 3 rings (SSSR count). The second-order valence-electron chi connectivity index (χ2n) is 6.57. The monoisotopic (exact) mass is 442 g/mol. The first kappa shape index (κ1) is 20.8. The molecule has 0 aliphatic heterocycles. The molecule has 0 bridgehead atoms. The van der Waals surface area contributed by atoms with Crippen molar-refractivity contribution in [3.8, 4) is 5.75 Å². The van der Waals surface area contributed by atoms with Crippen LogP contribution in [0.5, 0.6) is 5.75 Å². The van der Waals surface area contributed by atoms with E-state index in [1.165, 1.54) is 42.5 Å². The van der Waals surface area contributed by atoms with E-state index in [-0.39, 0.29) is 29.1 Å². The summed E-state index contributed by atoms with van der Waals surface area (Å²) in [7, 11) is -3.81. The number of sulfonamides is 1. The average Bonchev–Trinajstić information content (AvgIpc) is 3.12. The van der Waals surface area contributed by atoms with E-state index in [0.717, 1.165) is 25.7 Å². The molecule has 1 aliphatic rings. The van der Waals surface area contributed by atoms with Gasteiger partial charge in [0.15, 0.2) is 6.61 Å². The van der Waals surface area contributed by atoms with Crippen LogP contribution < -0.4 is 14.8 Å². The fraction of sp³-hybridized carbons (Fsp3) is 0.316. The summed E-state index contributed by atoms with van der Waals surface area (Å²) in [6.07, 6.45) is 4.28. The predicted octanol–water partition coefficient (Wildman–Crippen LogP) is 4.23. The zero-order valence-corrected chi connectivity index (χ0v) is 17.3. The van der Waals surface area contributed by atoms with Crippen molar-refractivity contribution in [2.24, 2.45) is 0 Å². The zero-order valence-electron chi connectivity index (χ0n) is 15.0. The molecule has 2 N–H and O–H groups in total. The Kier molecular flexibility index (Phi) is 6.69. The Bertz CT molecular complexity index is 923. The highest BCUT2D eigenvalue weighted by Crippen LogP contribution is 2.25. The quantitative estimate of drug-likeness (QED) is 0.671. The van der Waals surface area contributed by atoms with Crippen molar-refractivity contribution in [3.05, 3.63) is 52.5 Å². The van der Waals surface area contributed by atoms with E-state index in [4.69, 9.17) is 27.9 Å². The number of benzene rings is 2. The molecule has 0 spiro atoms. The lowest BCUT2D eigenvalue weighted by Gasteiger charge is -2.13. The number of hydrogen-bond acceptors (Lipinski definition) is 4. The number of carbonyl (C=O) groups is 1. The Morgan fingerprint density at radius 3 is 2.25 bits per heavy atom. The van der Waals surface area contributed by atoms with Crippen LogP contribution in [0.3, 0.4) is 0 Å². The Labute approximate surface area is 174 Å². The lowest BCUT2D eigenvalue weighted by atomic mass is 10.2. The molecule has 2 aromatic rings. The smallest absolute Gasteiger partial charge is 0.261 e. The fourth-order valence-corrected chi connectivity index (χ4v) is 4.60. The molecule has 2 aromatic carbocycles. The molecule has 9 heteroatoms. The number of amides is 1. The van der Waals surface area contributed by atoms with Crippen LogP contribution in [0.25, 0.3) is 0 Å². The van der Waals surface area contributed by atoms with Crippen LogP contribution in [0, 0.1) is 0 Å². The van der Waals surface area contributed by atoms with Crippen LogP contribution in [0.15, 0.2) is 47.4 Å². The molecule has 1 aliphatic carbocycles. The van der Waals surface area contributed by atoms with Gasteiger partial charge in [-0.05, 0) is 55.3 Å². The Hall–Kier alpha value is -1.96. The molecule has 0 radical (unpaired) electrons. The van der Waals surface area contributed by atoms with Crippen LogP contribution in [0.4, 0.5) is 5.69 Å². The molecule has 0 saturated heterocycles. The average molecular weight is 443 g/mol. The highest BCUT2D eigenvalue weighted by Gasteiger charge is 2.18. The van der Waals surface area contributed by atoms with Gasteiger partial charge in [-0.3, -0.25) is 9.52 Å². The van der Waals surface area contributed by atoms with E-state index in [1.807, 2.05) is 0 Å². The van der Waals surface area contributed by atoms with Crippen LogP contribution in [-0.4, -0.2) is 27.0 Å². The number of anilines is 1. The van der Waals surface area contributed by atoms with Gasteiger partial charge in [0.2, 0.25) is 0 Å². The molecule has 28 heavy (non-hydrogen) atoms. The van der Waals surface area contributed by atoms with Gasteiger partial charge in [-0.15, -0.1) is 0 Å². The Balaban J connectivity index is 1.58. The van der Waals surface area contributed by atoms with Gasteiger partial charge >= 0.3 is 0 Å². The maximum atomic E-state index is 12.5. The van der Waals surface area contributed by atoms with Gasteiger partial charge in [-0.2, -0.15) is 0 Å². The molecular weight excluding hydrogens is 423 g/mol. The number of ether oxygens (including phenoxy) is 1. The van der Waals surface area contributed by atoms with Crippen molar-refractivity contribution in [2.75, 3.05) is 11.3 Å². The number of halogens is 2. The number of nitrogens with one attached hydrogen (secondary N) is 2. The summed E-state index contributed by atoms with van der Waals surface area (Å²) in [6, 6.07) is 10.5. The largest absolute Gasteiger partial charge is 0.484 e. The Morgan fingerprint density at radius 1 is 1.04 bits per heavy atom. The fourth-order valence-electron chi connectivity index (χ4n) is 3.03. The van der Waals surface area contributed by atoms with E-state index in [9.17, 15) is 13.2 Å². The summed E-state index contributed by atoms with van der Waals surface area (Å²) in [5, 5.41) is 3.58. The number of hydrogen-bond donors (Lipinski definition) is 2. The van der Waals surface area contributed by atoms with E-state index < -0.39 is 10.0 Å². The molecule has 6 nitrogen and oxygen atoms in total. The van der Waals surface area contributed by atoms with Gasteiger partial charge in [-0.1, -0.05) is 36.0 Å². The van der Waals surface area contributed by atoms with Crippen molar-refractivity contribution in [1.29, 1.82) is 0 Å². The van der Waals surface area contributed by atoms with Crippen molar-refractivity contribution < 1.29 is 17.9 Å². The third-order valence-corrected chi connectivity index (χ3v) is 6.17. The van der Waals surface area contributed by atoms with E-state index >= 15 is 0 Å². The molecular formula is C19H20Cl2N2O4S. The maximum Gasteiger partial charge on any atom is 0.261 e. The van der Waals surface area contributed by atoms with Crippen molar-refractivity contribution in [3.63, 3.8) is 0 Å². The summed E-state index contributed by atoms with van der Waals surface area (Å²) >= 11 is 11.8. The van der Waals surface area contributed by atoms with Gasteiger partial charge in [0.25, 0.3) is 15.9 Å². The summed E-state index contributed by atoms with van der Waals surface area (Å²) in [4.78, 5) is 11.9. The van der Waals surface area contributed by atoms with Crippen LogP contribution >= 0.6 is 23.2 Å². The predicted molar refractivity (Wildman–Crippen MR) is 110 cm³/mol. The second-order valence-corrected chi connectivity index (χ2v) is 9.13. The summed E-state index contributed by atoms with van der Waals surface area (Å²) < 4.78 is 32.8. The molecule has 1 fully saturated rings. The van der Waals surface area contributed by atoms with E-state index in [0.29, 0.717) is 15.8 Å². The second kappa shape index (κ2) is 9.03. The Morgan fingerprint density at radius 2 is 1.64 bits per heavy atom. The van der Waals surface area contributed by atoms with Gasteiger partial charge in [-0.25, -0.2) is 8.42 Å². The zero-order chi connectivity index (χ0) is 20.1. The maximum absolute atomic E-state index is 12.5.